The molecule has 0 amide bonds. The Morgan fingerprint density at radius 2 is 0.333 bits per heavy atom. The Kier molecular flexibility index (Phi) is 94.1. The van der Waals surface area contributed by atoms with Gasteiger partial charge in [0.05, 0.1) is 0 Å². The van der Waals surface area contributed by atoms with Crippen molar-refractivity contribution >= 4 is 43.1 Å². The van der Waals surface area contributed by atoms with E-state index in [9.17, 15) is 0 Å². The normalized spacial score (nSPS) is 5.60. The van der Waals surface area contributed by atoms with E-state index in [2.05, 4.69) is 0 Å². The van der Waals surface area contributed by atoms with Crippen molar-refractivity contribution in [3.63, 3.8) is 0 Å². The van der Waals surface area contributed by atoms with Gasteiger partial charge in [-0.15, -0.1) is 0 Å². The van der Waals surface area contributed by atoms with Gasteiger partial charge in [-0.05, 0) is 0 Å². The summed E-state index contributed by atoms with van der Waals surface area (Å²) in [6.07, 6.45) is -14.6. The van der Waals surface area contributed by atoms with E-state index in [0.717, 1.165) is 0 Å². The number of rotatable bonds is 0. The van der Waals surface area contributed by atoms with Gasteiger partial charge in [0.1, 0.15) is 0 Å². The Balaban J connectivity index is -0.0000000242. The van der Waals surface area contributed by atoms with Gasteiger partial charge in [0.15, 0.2) is 0 Å². The third kappa shape index (κ3) is 1530. The van der Waals surface area contributed by atoms with Gasteiger partial charge in [-0.1, -0.05) is 0 Å². The molecule has 0 unspecified atom stereocenters. The van der Waals surface area contributed by atoms with Crippen molar-refractivity contribution < 1.29 is 166 Å². The Hall–Kier alpha value is -3.06. The maximum atomic E-state index is 8.44. The van der Waals surface area contributed by atoms with Crippen LogP contribution in [0.25, 0.3) is 0 Å². The van der Waals surface area contributed by atoms with Gasteiger partial charge in [-0.2, -0.15) is 0 Å². The van der Waals surface area contributed by atoms with Crippen LogP contribution in [-0.2, 0) is 0 Å². The molecule has 0 aromatic rings. The molecule has 21 nitrogen and oxygen atoms in total. The monoisotopic (exact) mass is 688 g/mol. The van der Waals surface area contributed by atoms with Crippen LogP contribution < -0.4 is 65.3 Å². The standard InChI is InChI=1S/7CH2O3.Na.U/c7*2-1(3)4;;/h7*(H2,2,3,4);;/q;;;;;;;+1;/p-7. The quantitative estimate of drug-likeness (QED) is 0.116. The molecule has 0 atom stereocenters. The summed E-state index contributed by atoms with van der Waals surface area (Å²) in [5.74, 6) is 0. The third-order valence-electron chi connectivity index (χ3n) is 0. The molecule has 30 heavy (non-hydrogen) atoms. The summed E-state index contributed by atoms with van der Waals surface area (Å²) < 4.78 is 0. The zero-order valence-corrected chi connectivity index (χ0v) is 20.0. The molecule has 0 saturated carbocycles. The van der Waals surface area contributed by atoms with Gasteiger partial charge in [-0.25, -0.2) is 0 Å². The molecule has 0 aromatic heterocycles. The van der Waals surface area contributed by atoms with Crippen molar-refractivity contribution in [1.29, 1.82) is 0 Å². The Morgan fingerprint density at radius 3 is 0.333 bits per heavy atom. The fourth-order valence-corrected chi connectivity index (χ4v) is 0. The molecule has 0 heterocycles. The largest absolute Gasteiger partial charge is 1.00 e. The van der Waals surface area contributed by atoms with Crippen molar-refractivity contribution in [2.24, 2.45) is 0 Å². The first-order valence-corrected chi connectivity index (χ1v) is 4.42. The van der Waals surface area contributed by atoms with E-state index >= 15 is 0 Å². The Morgan fingerprint density at radius 1 is 0.333 bits per heavy atom. The minimum atomic E-state index is -2.08. The molecule has 0 bridgehead atoms. The van der Waals surface area contributed by atoms with Crippen LogP contribution in [-0.4, -0.2) is 78.8 Å². The van der Waals surface area contributed by atoms with E-state index in [1.54, 1.807) is 0 Å². The fourth-order valence-electron chi connectivity index (χ4n) is 0. The maximum Gasteiger partial charge on any atom is 1.00 e. The van der Waals surface area contributed by atoms with Crippen molar-refractivity contribution in [1.82, 2.24) is 0 Å². The van der Waals surface area contributed by atoms with E-state index in [1.165, 1.54) is 0 Å². The van der Waals surface area contributed by atoms with Crippen LogP contribution in [0.5, 0.6) is 0 Å². The average Bonchev–Trinajstić information content (AvgIpc) is 2.20. The Labute approximate surface area is 208 Å². The second kappa shape index (κ2) is 50.1. The van der Waals surface area contributed by atoms with Gasteiger partial charge < -0.3 is 105 Å². The second-order valence-corrected chi connectivity index (χ2v) is 1.86. The van der Waals surface area contributed by atoms with Gasteiger partial charge in [0, 0.05) is 31.1 Å². The Bertz CT molecular complexity index is 314. The first kappa shape index (κ1) is 56.3. The molecule has 0 aliphatic heterocycles. The van der Waals surface area contributed by atoms with Gasteiger partial charge >= 0.3 is 29.6 Å². The van der Waals surface area contributed by atoms with Crippen LogP contribution in [0.15, 0.2) is 0 Å². The average molecular weight is 688 g/mol. The van der Waals surface area contributed by atoms with Crippen LogP contribution in [0.3, 0.4) is 0 Å². The minimum absolute atomic E-state index is 0. The van der Waals surface area contributed by atoms with E-state index < -0.39 is 43.1 Å². The van der Waals surface area contributed by atoms with Crippen molar-refractivity contribution in [3.05, 3.63) is 0 Å². The number of hydrogen-bond acceptors (Lipinski definition) is 14. The summed E-state index contributed by atoms with van der Waals surface area (Å²) >= 11 is 0. The zero-order valence-electron chi connectivity index (χ0n) is 13.8. The molecule has 172 valence electrons. The van der Waals surface area contributed by atoms with Crippen LogP contribution in [0.2, 0.25) is 0 Å². The van der Waals surface area contributed by atoms with Crippen molar-refractivity contribution in [3.8, 4) is 0 Å². The molecular formula is C7H7NaO21U-6. The predicted molar refractivity (Wildman–Crippen MR) is 56.2 cm³/mol. The van der Waals surface area contributed by atoms with Crippen LogP contribution in [0.1, 0.15) is 0 Å². The predicted octanol–water partition coefficient (Wildman–Crippen LogP) is -10.8. The summed E-state index contributed by atoms with van der Waals surface area (Å²) in [4.78, 5) is 59.1. The molecule has 0 spiro atoms. The third-order valence-corrected chi connectivity index (χ3v) is 0. The van der Waals surface area contributed by atoms with Gasteiger partial charge in [0.2, 0.25) is 43.1 Å². The molecule has 7 N–H and O–H groups in total. The van der Waals surface area contributed by atoms with Gasteiger partial charge in [0.25, 0.3) is 0 Å². The molecule has 23 heteroatoms. The van der Waals surface area contributed by atoms with Crippen LogP contribution >= 0.6 is 0 Å². The number of carbonyl (C=O) groups is 7. The molecule has 0 aliphatic rings. The topological polar surface area (TPSA) is 423 Å². The summed E-state index contributed by atoms with van der Waals surface area (Å²) in [7, 11) is 0. The summed E-state index contributed by atoms with van der Waals surface area (Å²) in [6.45, 7) is 0. The van der Waals surface area contributed by atoms with Crippen molar-refractivity contribution in [2.75, 3.05) is 0 Å². The molecule has 0 rings (SSSR count). The van der Waals surface area contributed by atoms with E-state index in [4.69, 9.17) is 105 Å². The molecule has 0 saturated heterocycles. The van der Waals surface area contributed by atoms with E-state index in [0.29, 0.717) is 0 Å². The summed E-state index contributed by atoms with van der Waals surface area (Å²) in [5, 5.41) is 107. The summed E-state index contributed by atoms with van der Waals surface area (Å²) in [6, 6.07) is 0. The SMILES string of the molecule is O=C([O-])O.O=C([O-])O.O=C([O-])O.O=C([O-])O.O=C([O-])O.O=C([O-])O.O=C([O-])O.[Na+].[U]. The van der Waals surface area contributed by atoms with Crippen LogP contribution in [0, 0.1) is 31.1 Å². The van der Waals surface area contributed by atoms with Crippen molar-refractivity contribution in [2.45, 2.75) is 0 Å². The summed E-state index contributed by atoms with van der Waals surface area (Å²) in [5.41, 5.74) is 0. The fraction of sp³-hybridized carbons (Fsp3) is 0. The minimum Gasteiger partial charge on any atom is -0.565 e. The van der Waals surface area contributed by atoms with Gasteiger partial charge in [-0.3, -0.25) is 0 Å². The van der Waals surface area contributed by atoms with E-state index in [1.807, 2.05) is 0 Å². The maximum absolute atomic E-state index is 8.44. The smallest absolute Gasteiger partial charge is 0.565 e. The van der Waals surface area contributed by atoms with Crippen LogP contribution in [0.4, 0.5) is 33.6 Å². The molecule has 0 aliphatic carbocycles. The first-order chi connectivity index (χ1) is 12.1. The molecule has 0 radical (unpaired) electrons. The molecular weight excluding hydrogens is 681 g/mol. The molecule has 0 aromatic carbocycles. The number of carboxylic acid groups (broad SMARTS) is 14. The zero-order chi connectivity index (χ0) is 25.0. The first-order valence-electron chi connectivity index (χ1n) is 4.42. The molecule has 0 fully saturated rings. The van der Waals surface area contributed by atoms with E-state index in [-0.39, 0.29) is 60.7 Å². The second-order valence-electron chi connectivity index (χ2n) is 1.86. The number of hydrogen-bond donors (Lipinski definition) is 7.